The second kappa shape index (κ2) is 7.62. The first-order valence-electron chi connectivity index (χ1n) is 8.18. The first-order valence-corrected chi connectivity index (χ1v) is 8.97. The highest BCUT2D eigenvalue weighted by Gasteiger charge is 2.12. The van der Waals surface area contributed by atoms with Gasteiger partial charge in [0.15, 0.2) is 5.82 Å². The van der Waals surface area contributed by atoms with Gasteiger partial charge in [0.2, 0.25) is 0 Å². The van der Waals surface area contributed by atoms with Crippen molar-refractivity contribution >= 4 is 27.3 Å². The van der Waals surface area contributed by atoms with E-state index in [1.54, 1.807) is 0 Å². The van der Waals surface area contributed by atoms with Crippen LogP contribution in [0, 0.1) is 6.92 Å². The monoisotopic (exact) mass is 393 g/mol. The average molecular weight is 394 g/mol. The number of aromatic amines is 1. The molecular weight excluding hydrogens is 374 g/mol. The van der Waals surface area contributed by atoms with E-state index >= 15 is 0 Å². The highest BCUT2D eigenvalue weighted by atomic mass is 79.9. The van der Waals surface area contributed by atoms with Gasteiger partial charge in [-0.25, -0.2) is 9.98 Å². The van der Waals surface area contributed by atoms with Crippen LogP contribution in [-0.2, 0) is 0 Å². The van der Waals surface area contributed by atoms with Crippen molar-refractivity contribution in [2.24, 2.45) is 4.99 Å². The Balaban J connectivity index is 1.96. The van der Waals surface area contributed by atoms with Gasteiger partial charge in [-0.3, -0.25) is 0 Å². The molecule has 4 heteroatoms. The van der Waals surface area contributed by atoms with E-state index in [0.29, 0.717) is 0 Å². The lowest BCUT2D eigenvalue weighted by Gasteiger charge is -2.03. The lowest BCUT2D eigenvalue weighted by Crippen LogP contribution is -1.96. The quantitative estimate of drug-likeness (QED) is 0.541. The van der Waals surface area contributed by atoms with Gasteiger partial charge in [-0.2, -0.15) is 0 Å². The van der Waals surface area contributed by atoms with Crippen LogP contribution in [0.2, 0.25) is 0 Å². The highest BCUT2D eigenvalue weighted by Crippen LogP contribution is 2.24. The Morgan fingerprint density at radius 3 is 2.56 bits per heavy atom. The van der Waals surface area contributed by atoms with E-state index in [2.05, 4.69) is 45.2 Å². The molecule has 3 rings (SSSR count). The summed E-state index contributed by atoms with van der Waals surface area (Å²) in [6.45, 7) is 6.03. The maximum absolute atomic E-state index is 4.79. The molecule has 0 bridgehead atoms. The Morgan fingerprint density at radius 1 is 1.12 bits per heavy atom. The minimum Gasteiger partial charge on any atom is -0.340 e. The van der Waals surface area contributed by atoms with Crippen molar-refractivity contribution in [3.8, 4) is 11.3 Å². The molecule has 3 nitrogen and oxygen atoms in total. The summed E-state index contributed by atoms with van der Waals surface area (Å²) in [4.78, 5) is 12.9. The summed E-state index contributed by atoms with van der Waals surface area (Å²) in [7, 11) is 0. The van der Waals surface area contributed by atoms with E-state index in [9.17, 15) is 0 Å². The van der Waals surface area contributed by atoms with E-state index in [1.807, 2.05) is 57.2 Å². The molecule has 0 spiro atoms. The van der Waals surface area contributed by atoms with Crippen LogP contribution in [0.5, 0.6) is 0 Å². The molecule has 25 heavy (non-hydrogen) atoms. The molecule has 0 amide bonds. The number of allylic oxidation sites excluding steroid dienone is 1. The topological polar surface area (TPSA) is 41.0 Å². The van der Waals surface area contributed by atoms with E-state index in [1.165, 1.54) is 0 Å². The van der Waals surface area contributed by atoms with Crippen molar-refractivity contribution in [2.45, 2.75) is 20.8 Å². The molecule has 0 aliphatic heterocycles. The molecule has 3 aromatic rings. The first kappa shape index (κ1) is 17.4. The first-order chi connectivity index (χ1) is 12.1. The van der Waals surface area contributed by atoms with Crippen LogP contribution in [0.1, 0.15) is 30.9 Å². The fourth-order valence-electron chi connectivity index (χ4n) is 2.67. The Labute approximate surface area is 156 Å². The van der Waals surface area contributed by atoms with Crippen molar-refractivity contribution in [3.63, 3.8) is 0 Å². The van der Waals surface area contributed by atoms with Gasteiger partial charge in [0.05, 0.1) is 5.69 Å². The van der Waals surface area contributed by atoms with Crippen LogP contribution in [0.15, 0.2) is 70.1 Å². The zero-order valence-electron chi connectivity index (χ0n) is 14.5. The molecule has 0 aliphatic carbocycles. The summed E-state index contributed by atoms with van der Waals surface area (Å²) < 4.78 is 1.04. The number of hydrogen-bond donors (Lipinski definition) is 1. The predicted molar refractivity (Wildman–Crippen MR) is 109 cm³/mol. The molecule has 1 aromatic heterocycles. The van der Waals surface area contributed by atoms with Crippen molar-refractivity contribution in [1.29, 1.82) is 0 Å². The third-order valence-electron chi connectivity index (χ3n) is 3.98. The van der Waals surface area contributed by atoms with Crippen LogP contribution in [-0.4, -0.2) is 15.7 Å². The van der Waals surface area contributed by atoms with Crippen molar-refractivity contribution < 1.29 is 0 Å². The number of aryl methyl sites for hydroxylation is 1. The third-order valence-corrected chi connectivity index (χ3v) is 4.47. The molecule has 126 valence electrons. The van der Waals surface area contributed by atoms with Crippen LogP contribution < -0.4 is 0 Å². The average Bonchev–Trinajstić information content (AvgIpc) is 3.01. The van der Waals surface area contributed by atoms with Gasteiger partial charge in [-0.05, 0) is 38.5 Å². The lowest BCUT2D eigenvalue weighted by atomic mass is 10.1. The standard InChI is InChI=1S/C21H20BrN3/c1-4-19(23-14(2)17-11-8-12-18(22)13-17)21-24-15(3)20(25-21)16-9-6-5-7-10-16/h4-13H,1-3H3,(H,24,25)/b19-4-,23-14?. The Kier molecular flexibility index (Phi) is 5.29. The predicted octanol–water partition coefficient (Wildman–Crippen LogP) is 6.02. The number of rotatable bonds is 4. The van der Waals surface area contributed by atoms with E-state index in [-0.39, 0.29) is 0 Å². The lowest BCUT2D eigenvalue weighted by molar-refractivity contribution is 1.18. The molecule has 1 N–H and O–H groups in total. The normalized spacial score (nSPS) is 12.5. The largest absolute Gasteiger partial charge is 0.340 e. The van der Waals surface area contributed by atoms with E-state index < -0.39 is 0 Å². The number of aliphatic imine (C=N–C) groups is 1. The number of nitrogens with one attached hydrogen (secondary N) is 1. The molecule has 0 radical (unpaired) electrons. The molecule has 2 aromatic carbocycles. The van der Waals surface area contributed by atoms with Gasteiger partial charge in [-0.1, -0.05) is 64.5 Å². The molecule has 0 fully saturated rings. The fraction of sp³-hybridized carbons (Fsp3) is 0.143. The highest BCUT2D eigenvalue weighted by molar-refractivity contribution is 9.10. The van der Waals surface area contributed by atoms with Crippen LogP contribution in [0.4, 0.5) is 0 Å². The second-order valence-electron chi connectivity index (χ2n) is 5.81. The molecule has 0 unspecified atom stereocenters. The molecule has 0 atom stereocenters. The van der Waals surface area contributed by atoms with Crippen LogP contribution in [0.3, 0.4) is 0 Å². The fourth-order valence-corrected chi connectivity index (χ4v) is 3.07. The van der Waals surface area contributed by atoms with Gasteiger partial charge in [0.25, 0.3) is 0 Å². The summed E-state index contributed by atoms with van der Waals surface area (Å²) in [6.07, 6.45) is 1.98. The number of halogens is 1. The summed E-state index contributed by atoms with van der Waals surface area (Å²) in [5, 5.41) is 0. The maximum atomic E-state index is 4.79. The maximum Gasteiger partial charge on any atom is 0.156 e. The summed E-state index contributed by atoms with van der Waals surface area (Å²) in [5.41, 5.74) is 5.97. The Bertz CT molecular complexity index is 937. The number of imidazole rings is 1. The minimum absolute atomic E-state index is 0.785. The number of benzene rings is 2. The summed E-state index contributed by atoms with van der Waals surface area (Å²) in [6, 6.07) is 18.3. The zero-order chi connectivity index (χ0) is 17.8. The SMILES string of the molecule is C/C=C(\N=C(C)c1cccc(Br)c1)c1nc(-c2ccccc2)c(C)[nH]1. The van der Waals surface area contributed by atoms with Crippen molar-refractivity contribution in [3.05, 3.63) is 82.2 Å². The number of hydrogen-bond acceptors (Lipinski definition) is 2. The van der Waals surface area contributed by atoms with Crippen molar-refractivity contribution in [2.75, 3.05) is 0 Å². The van der Waals surface area contributed by atoms with Gasteiger partial charge < -0.3 is 4.98 Å². The van der Waals surface area contributed by atoms with Crippen LogP contribution in [0.25, 0.3) is 17.0 Å². The van der Waals surface area contributed by atoms with Crippen molar-refractivity contribution in [1.82, 2.24) is 9.97 Å². The van der Waals surface area contributed by atoms with Crippen LogP contribution >= 0.6 is 15.9 Å². The molecular formula is C21H20BrN3. The summed E-state index contributed by atoms with van der Waals surface area (Å²) >= 11 is 3.51. The molecule has 0 saturated carbocycles. The number of nitrogens with zero attached hydrogens (tertiary/aromatic N) is 2. The molecule has 1 heterocycles. The minimum atomic E-state index is 0.785. The zero-order valence-corrected chi connectivity index (χ0v) is 16.1. The van der Waals surface area contributed by atoms with E-state index in [0.717, 1.165) is 44.2 Å². The number of aromatic nitrogens is 2. The van der Waals surface area contributed by atoms with E-state index in [4.69, 9.17) is 9.98 Å². The summed E-state index contributed by atoms with van der Waals surface area (Å²) in [5.74, 6) is 0.785. The van der Waals surface area contributed by atoms with Gasteiger partial charge in [0, 0.05) is 21.4 Å². The number of H-pyrrole nitrogens is 1. The Hall–Kier alpha value is -2.46. The van der Waals surface area contributed by atoms with Gasteiger partial charge in [0.1, 0.15) is 5.70 Å². The Morgan fingerprint density at radius 2 is 1.88 bits per heavy atom. The third kappa shape index (κ3) is 3.97. The molecule has 0 saturated heterocycles. The van der Waals surface area contributed by atoms with Gasteiger partial charge >= 0.3 is 0 Å². The van der Waals surface area contributed by atoms with Gasteiger partial charge in [-0.15, -0.1) is 0 Å². The second-order valence-corrected chi connectivity index (χ2v) is 6.72. The molecule has 0 aliphatic rings. The smallest absolute Gasteiger partial charge is 0.156 e.